The number of hydrogen-bond acceptors (Lipinski definition) is 2. The summed E-state index contributed by atoms with van der Waals surface area (Å²) in [4.78, 5) is 13.9. The minimum absolute atomic E-state index is 0.120. The molecule has 2 saturated heterocycles. The maximum atomic E-state index is 11.9. The van der Waals surface area contributed by atoms with E-state index in [4.69, 9.17) is 4.74 Å². The molecule has 2 atom stereocenters. The first kappa shape index (κ1) is 9.85. The van der Waals surface area contributed by atoms with E-state index >= 15 is 0 Å². The SMILES string of the molecule is O=C1CCC2COCC(c3ccccc3)N12. The summed E-state index contributed by atoms with van der Waals surface area (Å²) in [5.41, 5.74) is 1.18. The highest BCUT2D eigenvalue weighted by Gasteiger charge is 2.39. The van der Waals surface area contributed by atoms with Gasteiger partial charge in [0.1, 0.15) is 0 Å². The maximum Gasteiger partial charge on any atom is 0.223 e. The van der Waals surface area contributed by atoms with E-state index in [1.54, 1.807) is 0 Å². The first-order valence-corrected chi connectivity index (χ1v) is 5.80. The minimum atomic E-state index is 0.120. The van der Waals surface area contributed by atoms with Crippen molar-refractivity contribution in [3.8, 4) is 0 Å². The molecule has 2 fully saturated rings. The molecule has 2 aliphatic rings. The summed E-state index contributed by atoms with van der Waals surface area (Å²) in [6, 6.07) is 10.6. The second-order valence-electron chi connectivity index (χ2n) is 4.46. The fourth-order valence-electron chi connectivity index (χ4n) is 2.68. The standard InChI is InChI=1S/C13H15NO2/c15-13-7-6-11-8-16-9-12(14(11)13)10-4-2-1-3-5-10/h1-5,11-12H,6-9H2. The average molecular weight is 217 g/mol. The average Bonchev–Trinajstić information content (AvgIpc) is 2.73. The van der Waals surface area contributed by atoms with Gasteiger partial charge in [-0.25, -0.2) is 0 Å². The van der Waals surface area contributed by atoms with Crippen LogP contribution in [0.4, 0.5) is 0 Å². The van der Waals surface area contributed by atoms with E-state index in [9.17, 15) is 4.79 Å². The molecule has 3 nitrogen and oxygen atoms in total. The van der Waals surface area contributed by atoms with Crippen LogP contribution < -0.4 is 0 Å². The molecule has 2 heterocycles. The number of benzene rings is 1. The molecule has 0 aromatic heterocycles. The predicted molar refractivity (Wildman–Crippen MR) is 59.9 cm³/mol. The van der Waals surface area contributed by atoms with E-state index in [1.807, 2.05) is 23.1 Å². The van der Waals surface area contributed by atoms with Gasteiger partial charge in [-0.3, -0.25) is 4.79 Å². The van der Waals surface area contributed by atoms with Crippen LogP contribution in [0.1, 0.15) is 24.4 Å². The van der Waals surface area contributed by atoms with Crippen LogP contribution in [-0.4, -0.2) is 30.1 Å². The lowest BCUT2D eigenvalue weighted by Gasteiger charge is -2.37. The van der Waals surface area contributed by atoms with Crippen LogP contribution in [0.3, 0.4) is 0 Å². The van der Waals surface area contributed by atoms with Crippen molar-refractivity contribution in [1.29, 1.82) is 0 Å². The van der Waals surface area contributed by atoms with Gasteiger partial charge in [0.15, 0.2) is 0 Å². The number of rotatable bonds is 1. The summed E-state index contributed by atoms with van der Waals surface area (Å²) in [6.45, 7) is 1.33. The van der Waals surface area contributed by atoms with Gasteiger partial charge in [0.05, 0.1) is 25.3 Å². The van der Waals surface area contributed by atoms with Crippen molar-refractivity contribution in [1.82, 2.24) is 4.90 Å². The van der Waals surface area contributed by atoms with Gasteiger partial charge in [0, 0.05) is 6.42 Å². The lowest BCUT2D eigenvalue weighted by molar-refractivity contribution is -0.138. The molecule has 16 heavy (non-hydrogen) atoms. The first-order valence-electron chi connectivity index (χ1n) is 5.80. The normalized spacial score (nSPS) is 29.2. The van der Waals surface area contributed by atoms with Crippen LogP contribution in [0.25, 0.3) is 0 Å². The van der Waals surface area contributed by atoms with Crippen LogP contribution in [0.2, 0.25) is 0 Å². The second kappa shape index (κ2) is 3.91. The van der Waals surface area contributed by atoms with Gasteiger partial charge in [0.25, 0.3) is 0 Å². The Hall–Kier alpha value is -1.35. The molecule has 3 heteroatoms. The fourth-order valence-corrected chi connectivity index (χ4v) is 2.68. The molecule has 0 bridgehead atoms. The number of amides is 1. The molecular weight excluding hydrogens is 202 g/mol. The number of ether oxygens (including phenoxy) is 1. The highest BCUT2D eigenvalue weighted by atomic mass is 16.5. The fraction of sp³-hybridized carbons (Fsp3) is 0.462. The number of carbonyl (C=O) groups excluding carboxylic acids is 1. The molecule has 0 aliphatic carbocycles. The van der Waals surface area contributed by atoms with Crippen molar-refractivity contribution in [2.24, 2.45) is 0 Å². The monoisotopic (exact) mass is 217 g/mol. The van der Waals surface area contributed by atoms with Crippen molar-refractivity contribution < 1.29 is 9.53 Å². The number of nitrogens with zero attached hydrogens (tertiary/aromatic N) is 1. The molecule has 2 unspecified atom stereocenters. The smallest absolute Gasteiger partial charge is 0.223 e. The minimum Gasteiger partial charge on any atom is -0.377 e. The maximum absolute atomic E-state index is 11.9. The van der Waals surface area contributed by atoms with E-state index < -0.39 is 0 Å². The van der Waals surface area contributed by atoms with Gasteiger partial charge in [-0.1, -0.05) is 30.3 Å². The topological polar surface area (TPSA) is 29.5 Å². The Labute approximate surface area is 95.0 Å². The molecular formula is C13H15NO2. The second-order valence-corrected chi connectivity index (χ2v) is 4.46. The summed E-state index contributed by atoms with van der Waals surface area (Å²) in [7, 11) is 0. The lowest BCUT2D eigenvalue weighted by Crippen LogP contribution is -2.45. The molecule has 0 N–H and O–H groups in total. The van der Waals surface area contributed by atoms with Crippen molar-refractivity contribution in [2.75, 3.05) is 13.2 Å². The number of morpholine rings is 1. The molecule has 0 spiro atoms. The molecule has 1 aromatic rings. The third-order valence-electron chi connectivity index (χ3n) is 3.48. The van der Waals surface area contributed by atoms with Gasteiger partial charge in [-0.05, 0) is 12.0 Å². The third-order valence-corrected chi connectivity index (χ3v) is 3.48. The van der Waals surface area contributed by atoms with Crippen LogP contribution in [0.5, 0.6) is 0 Å². The van der Waals surface area contributed by atoms with Crippen molar-refractivity contribution in [2.45, 2.75) is 24.9 Å². The molecule has 84 valence electrons. The van der Waals surface area contributed by atoms with Gasteiger partial charge in [-0.2, -0.15) is 0 Å². The summed E-state index contributed by atoms with van der Waals surface area (Å²) in [5, 5.41) is 0. The molecule has 1 aromatic carbocycles. The summed E-state index contributed by atoms with van der Waals surface area (Å²) >= 11 is 0. The van der Waals surface area contributed by atoms with Crippen molar-refractivity contribution in [3.63, 3.8) is 0 Å². The van der Waals surface area contributed by atoms with E-state index in [1.165, 1.54) is 5.56 Å². The number of hydrogen-bond donors (Lipinski definition) is 0. The van der Waals surface area contributed by atoms with Gasteiger partial charge in [0.2, 0.25) is 5.91 Å². The Morgan fingerprint density at radius 1 is 1.19 bits per heavy atom. The predicted octanol–water partition coefficient (Wildman–Crippen LogP) is 1.75. The summed E-state index contributed by atoms with van der Waals surface area (Å²) < 4.78 is 5.60. The zero-order valence-corrected chi connectivity index (χ0v) is 9.13. The Morgan fingerprint density at radius 3 is 2.81 bits per heavy atom. The van der Waals surface area contributed by atoms with Crippen molar-refractivity contribution in [3.05, 3.63) is 35.9 Å². The summed E-state index contributed by atoms with van der Waals surface area (Å²) in [6.07, 6.45) is 1.62. The van der Waals surface area contributed by atoms with E-state index in [2.05, 4.69) is 12.1 Å². The zero-order chi connectivity index (χ0) is 11.0. The molecule has 0 saturated carbocycles. The Kier molecular flexibility index (Phi) is 2.40. The molecule has 0 radical (unpaired) electrons. The molecule has 2 aliphatic heterocycles. The van der Waals surface area contributed by atoms with Crippen LogP contribution in [0, 0.1) is 0 Å². The summed E-state index contributed by atoms with van der Waals surface area (Å²) in [5.74, 6) is 0.280. The largest absolute Gasteiger partial charge is 0.377 e. The van der Waals surface area contributed by atoms with Crippen molar-refractivity contribution >= 4 is 5.91 Å². The number of fused-ring (bicyclic) bond motifs is 1. The molecule has 1 amide bonds. The van der Waals surface area contributed by atoms with E-state index in [0.717, 1.165) is 6.42 Å². The van der Waals surface area contributed by atoms with Gasteiger partial charge < -0.3 is 9.64 Å². The quantitative estimate of drug-likeness (QED) is 0.717. The third kappa shape index (κ3) is 1.52. The van der Waals surface area contributed by atoms with E-state index in [-0.39, 0.29) is 11.9 Å². The highest BCUT2D eigenvalue weighted by molar-refractivity contribution is 5.79. The van der Waals surface area contributed by atoms with Crippen LogP contribution >= 0.6 is 0 Å². The van der Waals surface area contributed by atoms with Crippen LogP contribution in [0.15, 0.2) is 30.3 Å². The Morgan fingerprint density at radius 2 is 2.00 bits per heavy atom. The highest BCUT2D eigenvalue weighted by Crippen LogP contribution is 2.33. The Bertz CT molecular complexity index is 390. The molecule has 3 rings (SSSR count). The van der Waals surface area contributed by atoms with Crippen LogP contribution in [-0.2, 0) is 9.53 Å². The first-order chi connectivity index (χ1) is 7.86. The van der Waals surface area contributed by atoms with E-state index in [0.29, 0.717) is 25.7 Å². The number of carbonyl (C=O) groups is 1. The lowest BCUT2D eigenvalue weighted by atomic mass is 10.0. The van der Waals surface area contributed by atoms with Gasteiger partial charge >= 0.3 is 0 Å². The Balaban J connectivity index is 1.92. The van der Waals surface area contributed by atoms with Gasteiger partial charge in [-0.15, -0.1) is 0 Å². The zero-order valence-electron chi connectivity index (χ0n) is 9.13.